The molecule has 0 saturated carbocycles. The topological polar surface area (TPSA) is 0 Å². The average Bonchev–Trinajstić information content (AvgIpc) is 3.25. The maximum Gasteiger partial charge on any atom is -1.00 e. The monoisotopic (exact) mass is 644 g/mol. The number of hydrogen-bond acceptors (Lipinski definition) is 0. The summed E-state index contributed by atoms with van der Waals surface area (Å²) in [6, 6.07) is 28.9. The van der Waals surface area contributed by atoms with E-state index in [4.69, 9.17) is 0 Å². The zero-order valence-corrected chi connectivity index (χ0v) is 29.8. The molecule has 0 saturated heterocycles. The number of halogens is 3. The molecule has 1 aliphatic carbocycles. The standard InChI is InChI=1S/C35H43Si.3ClH.Ti/c1-8-12-28-19-20-35(21-28)36(32-16-9-13-29(22-32)25(2)3,33-17-10-14-30(23-33)26(4)5)34-18-11-15-31(24-34)27(6)7;;;;/h9-11,13-19,22-27H,8,12,20H2,1-7H3;3*1H;/q;;;;+3/p-3. The van der Waals surface area contributed by atoms with Gasteiger partial charge in [-0.3, -0.25) is 0 Å². The first kappa shape index (κ1) is 37.0. The van der Waals surface area contributed by atoms with Crippen LogP contribution in [0.15, 0.2) is 93.5 Å². The van der Waals surface area contributed by atoms with E-state index in [1.54, 1.807) is 14.6 Å². The van der Waals surface area contributed by atoms with Gasteiger partial charge in [0.05, 0.1) is 0 Å². The van der Waals surface area contributed by atoms with Crippen LogP contribution < -0.4 is 52.8 Å². The molecule has 0 unspecified atom stereocenters. The first-order chi connectivity index (χ1) is 17.7. The van der Waals surface area contributed by atoms with Crippen molar-refractivity contribution in [1.82, 2.24) is 0 Å². The van der Waals surface area contributed by atoms with Gasteiger partial charge < -0.3 is 37.2 Å². The molecule has 3 aromatic rings. The van der Waals surface area contributed by atoms with E-state index in [1.807, 2.05) is 0 Å². The van der Waals surface area contributed by atoms with Gasteiger partial charge in [-0.2, -0.15) is 0 Å². The van der Waals surface area contributed by atoms with Crippen molar-refractivity contribution in [3.8, 4) is 0 Å². The minimum Gasteiger partial charge on any atom is -1.00 e. The van der Waals surface area contributed by atoms with E-state index in [0.29, 0.717) is 17.8 Å². The second-order valence-electron chi connectivity index (χ2n) is 11.6. The largest absolute Gasteiger partial charge is 1.00 e. The van der Waals surface area contributed by atoms with Crippen molar-refractivity contribution in [2.24, 2.45) is 0 Å². The van der Waals surface area contributed by atoms with E-state index >= 15 is 0 Å². The molecule has 0 aliphatic heterocycles. The third-order valence-corrected chi connectivity index (χ3v) is 14.4. The van der Waals surface area contributed by atoms with Gasteiger partial charge in [0.1, 0.15) is 0 Å². The Kier molecular flexibility index (Phi) is 14.8. The molecular formula is C35H43Cl3SiTi. The van der Waals surface area contributed by atoms with Gasteiger partial charge in [0.15, 0.2) is 0 Å². The van der Waals surface area contributed by atoms with Crippen molar-refractivity contribution in [3.63, 3.8) is 0 Å². The van der Waals surface area contributed by atoms with Crippen molar-refractivity contribution in [3.05, 3.63) is 110 Å². The molecule has 4 rings (SSSR count). The van der Waals surface area contributed by atoms with Crippen LogP contribution in [0.25, 0.3) is 0 Å². The van der Waals surface area contributed by atoms with Crippen LogP contribution in [0.3, 0.4) is 0 Å². The summed E-state index contributed by atoms with van der Waals surface area (Å²) in [5.41, 5.74) is 5.88. The van der Waals surface area contributed by atoms with Crippen LogP contribution in [0.4, 0.5) is 0 Å². The Labute approximate surface area is 275 Å². The smallest absolute Gasteiger partial charge is 1.00 e. The van der Waals surface area contributed by atoms with Crippen molar-refractivity contribution in [1.29, 1.82) is 0 Å². The van der Waals surface area contributed by atoms with Gasteiger partial charge in [0, 0.05) is 0 Å². The Morgan fingerprint density at radius 3 is 1.35 bits per heavy atom. The summed E-state index contributed by atoms with van der Waals surface area (Å²) in [6.45, 7) is 16.2. The quantitative estimate of drug-likeness (QED) is 0.207. The van der Waals surface area contributed by atoms with E-state index in [0.717, 1.165) is 6.42 Å². The molecule has 0 heterocycles. The fraction of sp³-hybridized carbons (Fsp3) is 0.371. The fourth-order valence-electron chi connectivity index (χ4n) is 5.88. The maximum atomic E-state index is 2.55. The zero-order valence-electron chi connectivity index (χ0n) is 25.0. The Morgan fingerprint density at radius 1 is 0.650 bits per heavy atom. The molecular weight excluding hydrogens is 603 g/mol. The molecule has 0 bridgehead atoms. The van der Waals surface area contributed by atoms with Crippen molar-refractivity contribution >= 4 is 23.6 Å². The van der Waals surface area contributed by atoms with Crippen LogP contribution in [-0.2, 0) is 20.4 Å². The Morgan fingerprint density at radius 2 is 1.02 bits per heavy atom. The van der Waals surface area contributed by atoms with Crippen LogP contribution in [-0.4, -0.2) is 8.07 Å². The Hall–Kier alpha value is -1.06. The summed E-state index contributed by atoms with van der Waals surface area (Å²) in [4.78, 5) is 0. The second kappa shape index (κ2) is 16.0. The van der Waals surface area contributed by atoms with Gasteiger partial charge in [-0.25, -0.2) is 0 Å². The summed E-state index contributed by atoms with van der Waals surface area (Å²) < 4.78 is 1.55. The molecule has 0 atom stereocenters. The van der Waals surface area contributed by atoms with Gasteiger partial charge in [0.25, 0.3) is 0 Å². The zero-order chi connectivity index (χ0) is 26.7. The molecule has 0 N–H and O–H groups in total. The molecule has 0 nitrogen and oxygen atoms in total. The number of rotatable bonds is 9. The third-order valence-electron chi connectivity index (χ3n) is 8.11. The number of hydrogen-bond donors (Lipinski definition) is 0. The van der Waals surface area contributed by atoms with Gasteiger partial charge in [-0.05, 0) is 0 Å². The number of allylic oxidation sites excluding steroid dienone is 4. The van der Waals surface area contributed by atoms with E-state index in [-0.39, 0.29) is 37.2 Å². The molecule has 0 aromatic heterocycles. The Bertz CT molecular complexity index is 1200. The molecule has 3 aromatic carbocycles. The molecule has 1 aliphatic rings. The van der Waals surface area contributed by atoms with Crippen molar-refractivity contribution < 1.29 is 57.7 Å². The van der Waals surface area contributed by atoms with Crippen LogP contribution >= 0.6 is 0 Å². The van der Waals surface area contributed by atoms with Gasteiger partial charge in [-0.1, -0.05) is 0 Å². The molecule has 0 amide bonds. The fourth-order valence-corrected chi connectivity index (χ4v) is 12.4. The van der Waals surface area contributed by atoms with Gasteiger partial charge >= 0.3 is 240 Å². The molecule has 0 spiro atoms. The minimum absolute atomic E-state index is 0. The number of benzene rings is 3. The Balaban J connectivity index is 0.00000267. The molecule has 0 fully saturated rings. The third kappa shape index (κ3) is 7.28. The summed E-state index contributed by atoms with van der Waals surface area (Å²) >= 11 is 2.41. The first-order valence-electron chi connectivity index (χ1n) is 14.2. The predicted molar refractivity (Wildman–Crippen MR) is 161 cm³/mol. The predicted octanol–water partition coefficient (Wildman–Crippen LogP) is -0.991. The summed E-state index contributed by atoms with van der Waals surface area (Å²) in [5.74, 6) is 1.51. The van der Waals surface area contributed by atoms with E-state index in [2.05, 4.69) is 148 Å². The average molecular weight is 646 g/mol. The second-order valence-corrected chi connectivity index (χ2v) is 16.2. The summed E-state index contributed by atoms with van der Waals surface area (Å²) in [7, 11) is -2.53. The minimum atomic E-state index is -2.53. The normalized spacial score (nSPS) is 13.2. The van der Waals surface area contributed by atoms with Crippen LogP contribution in [0.1, 0.15) is 102 Å². The van der Waals surface area contributed by atoms with E-state index in [1.165, 1.54) is 45.1 Å². The SMILES string of the molecule is CCCC1=CCC([Si](c2cccc(C(C)C)c2)(c2cccc(C(C)C)c2)c2cccc(C(C)C)c2)=[C]1[Ti+3].[Cl-].[Cl-].[Cl-]. The van der Waals surface area contributed by atoms with Crippen molar-refractivity contribution in [2.75, 3.05) is 0 Å². The molecule has 212 valence electrons. The maximum absolute atomic E-state index is 2.55. The van der Waals surface area contributed by atoms with Gasteiger partial charge in [0.2, 0.25) is 0 Å². The van der Waals surface area contributed by atoms with Crippen LogP contribution in [0.2, 0.25) is 0 Å². The van der Waals surface area contributed by atoms with E-state index in [9.17, 15) is 0 Å². The molecule has 5 heteroatoms. The summed E-state index contributed by atoms with van der Waals surface area (Å²) in [5, 5.41) is 6.27. The van der Waals surface area contributed by atoms with Gasteiger partial charge in [-0.15, -0.1) is 0 Å². The van der Waals surface area contributed by atoms with Crippen LogP contribution in [0, 0.1) is 0 Å². The van der Waals surface area contributed by atoms with Crippen molar-refractivity contribution in [2.45, 2.75) is 85.5 Å². The van der Waals surface area contributed by atoms with Crippen LogP contribution in [0.5, 0.6) is 0 Å². The molecule has 0 radical (unpaired) electrons. The first-order valence-corrected chi connectivity index (χ1v) is 16.9. The summed E-state index contributed by atoms with van der Waals surface area (Å²) in [6.07, 6.45) is 5.97. The van der Waals surface area contributed by atoms with E-state index < -0.39 is 8.07 Å². The molecule has 40 heavy (non-hydrogen) atoms.